The molecule has 1 aromatic heterocycles. The Kier molecular flexibility index (Phi) is 2.68. The van der Waals surface area contributed by atoms with Gasteiger partial charge in [0.2, 0.25) is 5.91 Å². The van der Waals surface area contributed by atoms with Gasteiger partial charge in [-0.2, -0.15) is 0 Å². The van der Waals surface area contributed by atoms with Crippen LogP contribution in [0.4, 0.5) is 0 Å². The zero-order valence-corrected chi connectivity index (χ0v) is 8.97. The predicted octanol–water partition coefficient (Wildman–Crippen LogP) is 2.04. The van der Waals surface area contributed by atoms with Crippen LogP contribution in [0.15, 0.2) is 36.5 Å². The molecule has 80 valence electrons. The average molecular weight is 212 g/mol. The van der Waals surface area contributed by atoms with E-state index >= 15 is 0 Å². The van der Waals surface area contributed by atoms with Crippen LogP contribution in [0.25, 0.3) is 17.0 Å². The van der Waals surface area contributed by atoms with Gasteiger partial charge in [-0.25, -0.2) is 0 Å². The maximum atomic E-state index is 10.7. The van der Waals surface area contributed by atoms with Crippen molar-refractivity contribution in [3.05, 3.63) is 47.7 Å². The van der Waals surface area contributed by atoms with Gasteiger partial charge in [0, 0.05) is 17.7 Å². The maximum Gasteiger partial charge on any atom is 0.241 e. The molecule has 2 N–H and O–H groups in total. The van der Waals surface area contributed by atoms with E-state index in [1.807, 2.05) is 31.2 Å². The average Bonchev–Trinajstić information content (AvgIpc) is 2.28. The number of primary amides is 1. The Balaban J connectivity index is 2.56. The van der Waals surface area contributed by atoms with Crippen molar-refractivity contribution in [1.82, 2.24) is 4.98 Å². The summed E-state index contributed by atoms with van der Waals surface area (Å²) >= 11 is 0. The fourth-order valence-corrected chi connectivity index (χ4v) is 1.66. The first-order valence-electron chi connectivity index (χ1n) is 5.00. The summed E-state index contributed by atoms with van der Waals surface area (Å²) in [5.41, 5.74) is 8.03. The highest BCUT2D eigenvalue weighted by atomic mass is 16.1. The molecule has 0 atom stereocenters. The molecule has 2 aromatic rings. The second-order valence-electron chi connectivity index (χ2n) is 3.59. The van der Waals surface area contributed by atoms with Gasteiger partial charge in [0.1, 0.15) is 0 Å². The number of rotatable bonds is 2. The molecule has 0 aliphatic heterocycles. The SMILES string of the molecule is Cc1c(C=CC(N)=O)ccc2cccnc12. The molecule has 16 heavy (non-hydrogen) atoms. The number of hydrogen-bond acceptors (Lipinski definition) is 2. The predicted molar refractivity (Wildman–Crippen MR) is 64.7 cm³/mol. The van der Waals surface area contributed by atoms with E-state index in [2.05, 4.69) is 4.98 Å². The van der Waals surface area contributed by atoms with Gasteiger partial charge in [0.15, 0.2) is 0 Å². The van der Waals surface area contributed by atoms with Crippen molar-refractivity contribution in [3.8, 4) is 0 Å². The summed E-state index contributed by atoms with van der Waals surface area (Å²) in [6, 6.07) is 7.85. The van der Waals surface area contributed by atoms with Crippen molar-refractivity contribution in [2.45, 2.75) is 6.92 Å². The molecule has 0 aliphatic carbocycles. The van der Waals surface area contributed by atoms with E-state index < -0.39 is 5.91 Å². The van der Waals surface area contributed by atoms with Crippen LogP contribution in [0.2, 0.25) is 0 Å². The van der Waals surface area contributed by atoms with Crippen molar-refractivity contribution >= 4 is 22.9 Å². The summed E-state index contributed by atoms with van der Waals surface area (Å²) in [7, 11) is 0. The maximum absolute atomic E-state index is 10.7. The monoisotopic (exact) mass is 212 g/mol. The summed E-state index contributed by atoms with van der Waals surface area (Å²) in [6.45, 7) is 1.98. The minimum atomic E-state index is -0.444. The molecule has 0 radical (unpaired) electrons. The van der Waals surface area contributed by atoms with E-state index in [1.54, 1.807) is 12.3 Å². The van der Waals surface area contributed by atoms with Crippen molar-refractivity contribution in [3.63, 3.8) is 0 Å². The van der Waals surface area contributed by atoms with Gasteiger partial charge in [0.25, 0.3) is 0 Å². The van der Waals surface area contributed by atoms with Crippen LogP contribution in [-0.4, -0.2) is 10.9 Å². The highest BCUT2D eigenvalue weighted by Crippen LogP contribution is 2.20. The molecule has 2 rings (SSSR count). The number of aromatic nitrogens is 1. The van der Waals surface area contributed by atoms with Gasteiger partial charge in [-0.15, -0.1) is 0 Å². The second kappa shape index (κ2) is 4.14. The Morgan fingerprint density at radius 1 is 1.38 bits per heavy atom. The van der Waals surface area contributed by atoms with E-state index in [0.717, 1.165) is 22.0 Å². The first-order chi connectivity index (χ1) is 7.68. The number of fused-ring (bicyclic) bond motifs is 1. The largest absolute Gasteiger partial charge is 0.366 e. The number of amides is 1. The van der Waals surface area contributed by atoms with Crippen molar-refractivity contribution < 1.29 is 4.79 Å². The summed E-state index contributed by atoms with van der Waals surface area (Å²) in [6.07, 6.45) is 4.83. The third kappa shape index (κ3) is 1.93. The smallest absolute Gasteiger partial charge is 0.241 e. The number of nitrogens with zero attached hydrogens (tertiary/aromatic N) is 1. The number of pyridine rings is 1. The first-order valence-corrected chi connectivity index (χ1v) is 5.00. The molecule has 0 spiro atoms. The minimum Gasteiger partial charge on any atom is -0.366 e. The van der Waals surface area contributed by atoms with Crippen LogP contribution in [-0.2, 0) is 4.79 Å². The van der Waals surface area contributed by atoms with E-state index in [1.165, 1.54) is 6.08 Å². The molecular formula is C13H12N2O. The van der Waals surface area contributed by atoms with E-state index in [-0.39, 0.29) is 0 Å². The Hall–Kier alpha value is -2.16. The van der Waals surface area contributed by atoms with Gasteiger partial charge in [-0.05, 0) is 30.2 Å². The number of benzene rings is 1. The lowest BCUT2D eigenvalue weighted by Crippen LogP contribution is -2.05. The van der Waals surface area contributed by atoms with E-state index in [4.69, 9.17) is 5.73 Å². The van der Waals surface area contributed by atoms with Crippen molar-refractivity contribution in [1.29, 1.82) is 0 Å². The normalized spacial score (nSPS) is 11.1. The summed E-state index contributed by atoms with van der Waals surface area (Å²) in [5, 5.41) is 1.09. The van der Waals surface area contributed by atoms with Crippen molar-refractivity contribution in [2.24, 2.45) is 5.73 Å². The van der Waals surface area contributed by atoms with Crippen molar-refractivity contribution in [2.75, 3.05) is 0 Å². The van der Waals surface area contributed by atoms with Crippen LogP contribution in [0, 0.1) is 6.92 Å². The van der Waals surface area contributed by atoms with Crippen LogP contribution in [0.1, 0.15) is 11.1 Å². The highest BCUT2D eigenvalue weighted by molar-refractivity contribution is 5.92. The van der Waals surface area contributed by atoms with Gasteiger partial charge in [0.05, 0.1) is 5.52 Å². The van der Waals surface area contributed by atoms with E-state index in [9.17, 15) is 4.79 Å². The minimum absolute atomic E-state index is 0.444. The fraction of sp³-hybridized carbons (Fsp3) is 0.0769. The van der Waals surface area contributed by atoms with Crippen LogP contribution < -0.4 is 5.73 Å². The molecule has 0 bridgehead atoms. The quantitative estimate of drug-likeness (QED) is 0.774. The highest BCUT2D eigenvalue weighted by Gasteiger charge is 2.01. The number of nitrogens with two attached hydrogens (primary N) is 1. The molecule has 1 aromatic carbocycles. The zero-order chi connectivity index (χ0) is 11.5. The Morgan fingerprint density at radius 3 is 2.94 bits per heavy atom. The number of carbonyl (C=O) groups is 1. The second-order valence-corrected chi connectivity index (χ2v) is 3.59. The topological polar surface area (TPSA) is 56.0 Å². The first kappa shape index (κ1) is 10.4. The van der Waals surface area contributed by atoms with Gasteiger partial charge < -0.3 is 5.73 Å². The zero-order valence-electron chi connectivity index (χ0n) is 8.97. The molecule has 1 heterocycles. The van der Waals surface area contributed by atoms with Crippen LogP contribution in [0.5, 0.6) is 0 Å². The molecule has 0 aliphatic rings. The Labute approximate surface area is 93.6 Å². The summed E-state index contributed by atoms with van der Waals surface area (Å²) < 4.78 is 0. The lowest BCUT2D eigenvalue weighted by atomic mass is 10.0. The lowest BCUT2D eigenvalue weighted by molar-refractivity contribution is -0.113. The Bertz CT molecular complexity index is 573. The Morgan fingerprint density at radius 2 is 2.19 bits per heavy atom. The molecule has 3 nitrogen and oxygen atoms in total. The summed E-state index contributed by atoms with van der Waals surface area (Å²) in [4.78, 5) is 15.0. The lowest BCUT2D eigenvalue weighted by Gasteiger charge is -2.04. The molecule has 0 saturated carbocycles. The molecule has 0 saturated heterocycles. The number of hydrogen-bond donors (Lipinski definition) is 1. The van der Waals surface area contributed by atoms with Gasteiger partial charge in [-0.1, -0.05) is 18.2 Å². The third-order valence-corrected chi connectivity index (χ3v) is 2.50. The fourth-order valence-electron chi connectivity index (χ4n) is 1.66. The summed E-state index contributed by atoms with van der Waals surface area (Å²) in [5.74, 6) is -0.444. The molecule has 3 heteroatoms. The number of aryl methyl sites for hydroxylation is 1. The molecular weight excluding hydrogens is 200 g/mol. The third-order valence-electron chi connectivity index (χ3n) is 2.50. The molecule has 0 fully saturated rings. The molecule has 0 unspecified atom stereocenters. The van der Waals surface area contributed by atoms with Crippen LogP contribution in [0.3, 0.4) is 0 Å². The van der Waals surface area contributed by atoms with Crippen LogP contribution >= 0.6 is 0 Å². The van der Waals surface area contributed by atoms with Gasteiger partial charge >= 0.3 is 0 Å². The van der Waals surface area contributed by atoms with Gasteiger partial charge in [-0.3, -0.25) is 9.78 Å². The van der Waals surface area contributed by atoms with E-state index in [0.29, 0.717) is 0 Å². The molecule has 1 amide bonds. The number of carbonyl (C=O) groups excluding carboxylic acids is 1. The standard InChI is InChI=1S/C13H12N2O/c1-9-10(6-7-12(14)16)4-5-11-3-2-8-15-13(9)11/h2-8H,1H3,(H2,14,16).